The third-order valence-electron chi connectivity index (χ3n) is 4.53. The van der Waals surface area contributed by atoms with Crippen LogP contribution in [0.2, 0.25) is 0 Å². The Morgan fingerprint density at radius 3 is 2.50 bits per heavy atom. The highest BCUT2D eigenvalue weighted by molar-refractivity contribution is 5.90. The number of ketones is 1. The SMILES string of the molecule is C[C@@H](O)C1C(=O)N[C@@H]1[C@@H](C)C(=O)CC1CCCC1. The van der Waals surface area contributed by atoms with Crippen LogP contribution in [0, 0.1) is 17.8 Å². The van der Waals surface area contributed by atoms with Crippen LogP contribution in [0.25, 0.3) is 0 Å². The standard InChI is InChI=1S/C14H23NO3/c1-8(11(17)7-10-5-3-4-6-10)13-12(9(2)16)14(18)15-13/h8-10,12-13,16H,3-7H2,1-2H3,(H,15,18)/t8-,9+,12?,13+/m0/s1. The molecule has 4 atom stereocenters. The largest absolute Gasteiger partial charge is 0.393 e. The Hall–Kier alpha value is -0.900. The average molecular weight is 253 g/mol. The molecule has 2 N–H and O–H groups in total. The van der Waals surface area contributed by atoms with Crippen molar-refractivity contribution < 1.29 is 14.7 Å². The van der Waals surface area contributed by atoms with Crippen LogP contribution >= 0.6 is 0 Å². The second-order valence-electron chi connectivity index (χ2n) is 5.91. The first-order valence-corrected chi connectivity index (χ1v) is 7.02. The lowest BCUT2D eigenvalue weighted by atomic mass is 9.76. The van der Waals surface area contributed by atoms with Crippen molar-refractivity contribution in [3.63, 3.8) is 0 Å². The van der Waals surface area contributed by atoms with Gasteiger partial charge in [0.2, 0.25) is 5.91 Å². The Balaban J connectivity index is 1.88. The number of nitrogens with one attached hydrogen (secondary N) is 1. The number of β-lactam (4-membered cyclic amide) rings is 1. The van der Waals surface area contributed by atoms with E-state index in [1.54, 1.807) is 6.92 Å². The molecule has 1 saturated carbocycles. The van der Waals surface area contributed by atoms with Gasteiger partial charge in [-0.15, -0.1) is 0 Å². The monoisotopic (exact) mass is 253 g/mol. The normalized spacial score (nSPS) is 31.6. The van der Waals surface area contributed by atoms with E-state index in [0.29, 0.717) is 12.3 Å². The number of aliphatic hydroxyl groups excluding tert-OH is 1. The molecule has 2 fully saturated rings. The summed E-state index contributed by atoms with van der Waals surface area (Å²) in [5.74, 6) is 0.0595. The highest BCUT2D eigenvalue weighted by Crippen LogP contribution is 2.31. The Bertz CT molecular complexity index is 334. The van der Waals surface area contributed by atoms with E-state index in [1.807, 2.05) is 6.92 Å². The molecule has 0 aromatic heterocycles. The zero-order valence-electron chi connectivity index (χ0n) is 11.2. The molecule has 0 aromatic carbocycles. The quantitative estimate of drug-likeness (QED) is 0.725. The molecular weight excluding hydrogens is 230 g/mol. The fourth-order valence-electron chi connectivity index (χ4n) is 3.26. The van der Waals surface area contributed by atoms with Crippen LogP contribution in [0.1, 0.15) is 46.0 Å². The van der Waals surface area contributed by atoms with Crippen molar-refractivity contribution in [1.82, 2.24) is 5.32 Å². The summed E-state index contributed by atoms with van der Waals surface area (Å²) in [7, 11) is 0. The minimum atomic E-state index is -0.675. The minimum absolute atomic E-state index is 0.129. The smallest absolute Gasteiger partial charge is 0.228 e. The Morgan fingerprint density at radius 1 is 1.39 bits per heavy atom. The number of carbonyl (C=O) groups is 2. The number of Topliss-reactive ketones (excluding diaryl/α,β-unsaturated/α-hetero) is 1. The van der Waals surface area contributed by atoms with E-state index in [0.717, 1.165) is 12.8 Å². The zero-order valence-corrected chi connectivity index (χ0v) is 11.2. The summed E-state index contributed by atoms with van der Waals surface area (Å²) >= 11 is 0. The summed E-state index contributed by atoms with van der Waals surface area (Å²) < 4.78 is 0. The molecule has 2 aliphatic rings. The van der Waals surface area contributed by atoms with Gasteiger partial charge in [-0.1, -0.05) is 32.6 Å². The zero-order chi connectivity index (χ0) is 13.3. The Labute approximate surface area is 108 Å². The van der Waals surface area contributed by atoms with Crippen molar-refractivity contribution in [3.05, 3.63) is 0 Å². The first-order chi connectivity index (χ1) is 8.50. The van der Waals surface area contributed by atoms with Crippen molar-refractivity contribution >= 4 is 11.7 Å². The van der Waals surface area contributed by atoms with E-state index < -0.39 is 12.0 Å². The Kier molecular flexibility index (Phi) is 4.05. The number of hydrogen-bond donors (Lipinski definition) is 2. The molecule has 102 valence electrons. The predicted molar refractivity (Wildman–Crippen MR) is 67.8 cm³/mol. The van der Waals surface area contributed by atoms with Crippen LogP contribution < -0.4 is 5.32 Å². The van der Waals surface area contributed by atoms with Crippen LogP contribution in [0.3, 0.4) is 0 Å². The average Bonchev–Trinajstić information content (AvgIpc) is 2.76. The maximum Gasteiger partial charge on any atom is 0.228 e. The lowest BCUT2D eigenvalue weighted by molar-refractivity contribution is -0.144. The highest BCUT2D eigenvalue weighted by Gasteiger charge is 2.46. The first-order valence-electron chi connectivity index (χ1n) is 7.02. The van der Waals surface area contributed by atoms with E-state index in [9.17, 15) is 14.7 Å². The first kappa shape index (κ1) is 13.5. The lowest BCUT2D eigenvalue weighted by Gasteiger charge is -2.41. The topological polar surface area (TPSA) is 66.4 Å². The third-order valence-corrected chi connectivity index (χ3v) is 4.53. The molecule has 18 heavy (non-hydrogen) atoms. The molecule has 0 aromatic rings. The van der Waals surface area contributed by atoms with Crippen molar-refractivity contribution in [2.75, 3.05) is 0 Å². The molecular formula is C14H23NO3. The maximum absolute atomic E-state index is 12.2. The van der Waals surface area contributed by atoms with E-state index in [2.05, 4.69) is 5.32 Å². The van der Waals surface area contributed by atoms with Gasteiger partial charge in [-0.05, 0) is 12.8 Å². The molecule has 4 nitrogen and oxygen atoms in total. The molecule has 1 unspecified atom stereocenters. The van der Waals surface area contributed by atoms with Crippen LogP contribution in [-0.2, 0) is 9.59 Å². The fraction of sp³-hybridized carbons (Fsp3) is 0.857. The van der Waals surface area contributed by atoms with E-state index in [4.69, 9.17) is 0 Å². The summed E-state index contributed by atoms with van der Waals surface area (Å²) in [6.45, 7) is 3.49. The number of rotatable bonds is 5. The maximum atomic E-state index is 12.2. The van der Waals surface area contributed by atoms with Gasteiger partial charge in [-0.25, -0.2) is 0 Å². The lowest BCUT2D eigenvalue weighted by Crippen LogP contribution is -2.65. The number of aliphatic hydroxyl groups is 1. The second-order valence-corrected chi connectivity index (χ2v) is 5.91. The van der Waals surface area contributed by atoms with Crippen molar-refractivity contribution in [1.29, 1.82) is 0 Å². The predicted octanol–water partition coefficient (Wildman–Crippen LogP) is 1.27. The molecule has 1 aliphatic carbocycles. The molecule has 1 aliphatic heterocycles. The molecule has 0 spiro atoms. The van der Waals surface area contributed by atoms with Gasteiger partial charge in [-0.2, -0.15) is 0 Å². The van der Waals surface area contributed by atoms with Gasteiger partial charge >= 0.3 is 0 Å². The van der Waals surface area contributed by atoms with Crippen LogP contribution in [0.5, 0.6) is 0 Å². The van der Waals surface area contributed by atoms with Crippen molar-refractivity contribution in [3.8, 4) is 0 Å². The summed E-state index contributed by atoms with van der Waals surface area (Å²) in [6, 6.07) is -0.175. The van der Waals surface area contributed by atoms with Gasteiger partial charge in [0.05, 0.1) is 18.1 Å². The molecule has 4 heteroatoms. The number of hydrogen-bond acceptors (Lipinski definition) is 3. The molecule has 2 rings (SSSR count). The molecule has 1 saturated heterocycles. The van der Waals surface area contributed by atoms with Gasteiger partial charge in [0.1, 0.15) is 5.78 Å². The third kappa shape index (κ3) is 2.58. The van der Waals surface area contributed by atoms with Gasteiger partial charge in [0.15, 0.2) is 0 Å². The molecule has 1 amide bonds. The molecule has 0 bridgehead atoms. The van der Waals surface area contributed by atoms with Crippen LogP contribution in [-0.4, -0.2) is 28.9 Å². The highest BCUT2D eigenvalue weighted by atomic mass is 16.3. The summed E-state index contributed by atoms with van der Waals surface area (Å²) in [4.78, 5) is 23.5. The second kappa shape index (κ2) is 5.39. The molecule has 0 radical (unpaired) electrons. The summed E-state index contributed by atoms with van der Waals surface area (Å²) in [6.07, 6.45) is 4.77. The van der Waals surface area contributed by atoms with E-state index in [-0.39, 0.29) is 23.7 Å². The van der Waals surface area contributed by atoms with Gasteiger partial charge in [0, 0.05) is 12.3 Å². The van der Waals surface area contributed by atoms with E-state index in [1.165, 1.54) is 12.8 Å². The molecule has 1 heterocycles. The van der Waals surface area contributed by atoms with Crippen molar-refractivity contribution in [2.24, 2.45) is 17.8 Å². The van der Waals surface area contributed by atoms with Crippen molar-refractivity contribution in [2.45, 2.75) is 58.1 Å². The number of carbonyl (C=O) groups excluding carboxylic acids is 2. The van der Waals surface area contributed by atoms with Gasteiger partial charge in [-0.3, -0.25) is 9.59 Å². The fourth-order valence-corrected chi connectivity index (χ4v) is 3.26. The van der Waals surface area contributed by atoms with Crippen LogP contribution in [0.4, 0.5) is 0 Å². The van der Waals surface area contributed by atoms with Crippen LogP contribution in [0.15, 0.2) is 0 Å². The van der Waals surface area contributed by atoms with Gasteiger partial charge in [0.25, 0.3) is 0 Å². The number of amides is 1. The summed E-state index contributed by atoms with van der Waals surface area (Å²) in [5.41, 5.74) is 0. The summed E-state index contributed by atoms with van der Waals surface area (Å²) in [5, 5.41) is 12.3. The minimum Gasteiger partial charge on any atom is -0.393 e. The Morgan fingerprint density at radius 2 is 2.00 bits per heavy atom. The van der Waals surface area contributed by atoms with Gasteiger partial charge < -0.3 is 10.4 Å². The van der Waals surface area contributed by atoms with E-state index >= 15 is 0 Å².